The third-order valence-corrected chi connectivity index (χ3v) is 6.18. The summed E-state index contributed by atoms with van der Waals surface area (Å²) in [7, 11) is -2.64. The first-order chi connectivity index (χ1) is 14.1. The van der Waals surface area contributed by atoms with Gasteiger partial charge in [0.15, 0.2) is 5.82 Å². The highest BCUT2D eigenvalue weighted by atomic mass is 32.2. The fourth-order valence-corrected chi connectivity index (χ4v) is 4.77. The number of thiol groups is 1. The number of anilines is 1. The second kappa shape index (κ2) is 8.26. The van der Waals surface area contributed by atoms with Crippen LogP contribution in [0.25, 0.3) is 16.6 Å². The largest absolute Gasteiger partial charge is 0.366 e. The molecule has 0 saturated heterocycles. The Morgan fingerprint density at radius 3 is 2.72 bits per heavy atom. The van der Waals surface area contributed by atoms with Crippen LogP contribution in [0.1, 0.15) is 49.4 Å². The summed E-state index contributed by atoms with van der Waals surface area (Å²) >= 11 is 0. The van der Waals surface area contributed by atoms with Gasteiger partial charge < -0.3 is 5.32 Å². The van der Waals surface area contributed by atoms with E-state index in [1.165, 1.54) is 12.8 Å². The monoisotopic (exact) mass is 408 g/mol. The van der Waals surface area contributed by atoms with Crippen LogP contribution in [0.4, 0.5) is 5.82 Å². The molecule has 7 heteroatoms. The zero-order chi connectivity index (χ0) is 20.4. The van der Waals surface area contributed by atoms with Gasteiger partial charge in [-0.25, -0.2) is 12.9 Å². The summed E-state index contributed by atoms with van der Waals surface area (Å²) in [6, 6.07) is 13.8. The minimum atomic E-state index is -2.64. The first-order valence-electron chi connectivity index (χ1n) is 10.0. The standard InChI is InChI=1S/C22H24N4O2S/c1-2-18-10-11-20-21(16-7-5-6-15(12-16)13-23)19(14-29(27)28)22(25-26(18)20)24-17-8-3-4-9-17/h5-7,10-12,17,29H,2-4,8-9,14H2,1H3,(H,24,25). The number of nitrogens with one attached hydrogen (secondary N) is 1. The van der Waals surface area contributed by atoms with Gasteiger partial charge in [0, 0.05) is 22.9 Å². The van der Waals surface area contributed by atoms with Crippen LogP contribution in [0, 0.1) is 11.3 Å². The molecule has 6 nitrogen and oxygen atoms in total. The van der Waals surface area contributed by atoms with Crippen LogP contribution in [-0.2, 0) is 22.9 Å². The Kier molecular flexibility index (Phi) is 5.54. The first kappa shape index (κ1) is 19.5. The maximum absolute atomic E-state index is 11.8. The molecule has 1 N–H and O–H groups in total. The lowest BCUT2D eigenvalue weighted by Gasteiger charge is -2.20. The molecule has 0 amide bonds. The fraction of sp³-hybridized carbons (Fsp3) is 0.364. The molecule has 0 aliphatic heterocycles. The van der Waals surface area contributed by atoms with Gasteiger partial charge in [-0.2, -0.15) is 5.26 Å². The molecular weight excluding hydrogens is 384 g/mol. The van der Waals surface area contributed by atoms with Crippen molar-refractivity contribution in [1.29, 1.82) is 5.26 Å². The van der Waals surface area contributed by atoms with Gasteiger partial charge in [-0.3, -0.25) is 0 Å². The predicted molar refractivity (Wildman–Crippen MR) is 115 cm³/mol. The lowest BCUT2D eigenvalue weighted by molar-refractivity contribution is 0.613. The molecule has 3 aromatic rings. The van der Waals surface area contributed by atoms with Crippen molar-refractivity contribution in [2.45, 2.75) is 50.8 Å². The Labute approximate surface area is 172 Å². The molecule has 2 aromatic heterocycles. The number of fused-ring (bicyclic) bond motifs is 1. The molecule has 0 unspecified atom stereocenters. The smallest absolute Gasteiger partial charge is 0.152 e. The molecule has 0 atom stereocenters. The van der Waals surface area contributed by atoms with Crippen molar-refractivity contribution in [3.8, 4) is 17.2 Å². The molecule has 1 aromatic carbocycles. The fourth-order valence-electron chi connectivity index (χ4n) is 4.21. The van der Waals surface area contributed by atoms with E-state index in [2.05, 4.69) is 18.3 Å². The number of aromatic nitrogens is 2. The zero-order valence-electron chi connectivity index (χ0n) is 16.4. The second-order valence-corrected chi connectivity index (χ2v) is 8.47. The van der Waals surface area contributed by atoms with E-state index < -0.39 is 10.7 Å². The van der Waals surface area contributed by atoms with E-state index in [9.17, 15) is 13.7 Å². The number of nitriles is 1. The van der Waals surface area contributed by atoms with Crippen molar-refractivity contribution in [3.05, 3.63) is 53.2 Å². The molecule has 0 spiro atoms. The average molecular weight is 409 g/mol. The summed E-state index contributed by atoms with van der Waals surface area (Å²) in [4.78, 5) is 0. The van der Waals surface area contributed by atoms with Gasteiger partial charge in [-0.15, -0.1) is 5.10 Å². The van der Waals surface area contributed by atoms with Gasteiger partial charge in [0.1, 0.15) is 10.7 Å². The Morgan fingerprint density at radius 2 is 2.03 bits per heavy atom. The van der Waals surface area contributed by atoms with Crippen LogP contribution >= 0.6 is 0 Å². The lowest BCUT2D eigenvalue weighted by atomic mass is 9.99. The second-order valence-electron chi connectivity index (χ2n) is 7.49. The van der Waals surface area contributed by atoms with Crippen molar-refractivity contribution in [1.82, 2.24) is 9.61 Å². The van der Waals surface area contributed by atoms with Crippen LogP contribution in [0.15, 0.2) is 36.4 Å². The van der Waals surface area contributed by atoms with Crippen LogP contribution in [0.5, 0.6) is 0 Å². The summed E-state index contributed by atoms with van der Waals surface area (Å²) in [6.07, 6.45) is 5.29. The van der Waals surface area contributed by atoms with Crippen LogP contribution in [-0.4, -0.2) is 24.1 Å². The predicted octanol–water partition coefficient (Wildman–Crippen LogP) is 3.90. The maximum atomic E-state index is 11.8. The van der Waals surface area contributed by atoms with E-state index in [-0.39, 0.29) is 5.75 Å². The van der Waals surface area contributed by atoms with Gasteiger partial charge in [-0.05, 0) is 49.1 Å². The molecular formula is C22H24N4O2S. The van der Waals surface area contributed by atoms with Gasteiger partial charge in [0.2, 0.25) is 0 Å². The zero-order valence-corrected chi connectivity index (χ0v) is 17.3. The number of rotatable bonds is 6. The topological polar surface area (TPSA) is 87.3 Å². The Hall–Kier alpha value is -2.85. The van der Waals surface area contributed by atoms with E-state index in [0.717, 1.165) is 41.6 Å². The van der Waals surface area contributed by atoms with Gasteiger partial charge in [0.05, 0.1) is 22.9 Å². The number of hydrogen-bond donors (Lipinski definition) is 2. The number of hydrogen-bond acceptors (Lipinski definition) is 5. The number of aryl methyl sites for hydroxylation is 1. The third kappa shape index (κ3) is 3.85. The molecule has 2 heterocycles. The van der Waals surface area contributed by atoms with Gasteiger partial charge >= 0.3 is 0 Å². The van der Waals surface area contributed by atoms with Gasteiger partial charge in [0.25, 0.3) is 0 Å². The molecule has 4 rings (SSSR count). The van der Waals surface area contributed by atoms with Crippen molar-refractivity contribution in [2.75, 3.05) is 5.32 Å². The highest BCUT2D eigenvalue weighted by Crippen LogP contribution is 2.35. The molecule has 1 aliphatic carbocycles. The summed E-state index contributed by atoms with van der Waals surface area (Å²) in [5.74, 6) is 0.541. The van der Waals surface area contributed by atoms with E-state index >= 15 is 0 Å². The van der Waals surface area contributed by atoms with E-state index in [1.807, 2.05) is 34.8 Å². The van der Waals surface area contributed by atoms with Crippen molar-refractivity contribution in [3.63, 3.8) is 0 Å². The summed E-state index contributed by atoms with van der Waals surface area (Å²) in [5.41, 5.74) is 4.81. The SMILES string of the molecule is CCc1ccc2c(-c3cccc(C#N)c3)c(C[SH](=O)=O)c(NC3CCCC3)nn12. The Morgan fingerprint density at radius 1 is 1.24 bits per heavy atom. The third-order valence-electron chi connectivity index (χ3n) is 5.60. The minimum Gasteiger partial charge on any atom is -0.366 e. The summed E-state index contributed by atoms with van der Waals surface area (Å²) < 4.78 is 25.5. The Bertz CT molecular complexity index is 1160. The lowest BCUT2D eigenvalue weighted by Crippen LogP contribution is -2.19. The molecule has 29 heavy (non-hydrogen) atoms. The molecule has 1 aliphatic rings. The Balaban J connectivity index is 2.00. The number of nitrogens with zero attached hydrogens (tertiary/aromatic N) is 3. The maximum Gasteiger partial charge on any atom is 0.152 e. The van der Waals surface area contributed by atoms with Crippen LogP contribution < -0.4 is 5.32 Å². The molecule has 150 valence electrons. The van der Waals surface area contributed by atoms with Crippen molar-refractivity contribution < 1.29 is 8.42 Å². The van der Waals surface area contributed by atoms with Gasteiger partial charge in [-0.1, -0.05) is 31.9 Å². The normalized spacial score (nSPS) is 14.5. The van der Waals surface area contributed by atoms with E-state index in [0.29, 0.717) is 23.0 Å². The average Bonchev–Trinajstić information content (AvgIpc) is 3.37. The summed E-state index contributed by atoms with van der Waals surface area (Å²) in [5, 5.41) is 17.7. The van der Waals surface area contributed by atoms with E-state index in [4.69, 9.17) is 5.10 Å². The highest BCUT2D eigenvalue weighted by Gasteiger charge is 2.23. The number of benzene rings is 1. The highest BCUT2D eigenvalue weighted by molar-refractivity contribution is 7.71. The van der Waals surface area contributed by atoms with E-state index in [1.54, 1.807) is 6.07 Å². The van der Waals surface area contributed by atoms with Crippen molar-refractivity contribution >= 4 is 22.0 Å². The summed E-state index contributed by atoms with van der Waals surface area (Å²) in [6.45, 7) is 2.08. The molecule has 0 radical (unpaired) electrons. The molecule has 0 bridgehead atoms. The van der Waals surface area contributed by atoms with Crippen LogP contribution in [0.2, 0.25) is 0 Å². The van der Waals surface area contributed by atoms with Crippen LogP contribution in [0.3, 0.4) is 0 Å². The molecule has 1 fully saturated rings. The molecule has 1 saturated carbocycles. The van der Waals surface area contributed by atoms with Crippen molar-refractivity contribution in [2.24, 2.45) is 0 Å². The minimum absolute atomic E-state index is 0.0906. The quantitative estimate of drug-likeness (QED) is 0.604. The first-order valence-corrected chi connectivity index (χ1v) is 11.4.